The molecule has 118 valence electrons. The van der Waals surface area contributed by atoms with Crippen LogP contribution < -0.4 is 10.9 Å². The lowest BCUT2D eigenvalue weighted by Crippen LogP contribution is -2.24. The zero-order chi connectivity index (χ0) is 16.1. The van der Waals surface area contributed by atoms with Gasteiger partial charge in [-0.3, -0.25) is 14.6 Å². The number of H-pyrrole nitrogens is 1. The van der Waals surface area contributed by atoms with Gasteiger partial charge in [0.05, 0.1) is 11.9 Å². The summed E-state index contributed by atoms with van der Waals surface area (Å²) in [5.41, 5.74) is 0.911. The molecule has 0 radical (unpaired) electrons. The number of aromatic amines is 1. The number of rotatable bonds is 4. The summed E-state index contributed by atoms with van der Waals surface area (Å²) in [7, 11) is 0. The van der Waals surface area contributed by atoms with Crippen LogP contribution in [0.1, 0.15) is 36.8 Å². The van der Waals surface area contributed by atoms with Gasteiger partial charge in [-0.1, -0.05) is 25.0 Å². The molecule has 2 aromatic heterocycles. The van der Waals surface area contributed by atoms with Gasteiger partial charge in [-0.25, -0.2) is 4.98 Å². The largest absolute Gasteiger partial charge is 0.313 e. The number of carbonyl (C=O) groups excluding carboxylic acids is 1. The topological polar surface area (TPSA) is 87.7 Å². The highest BCUT2D eigenvalue weighted by atomic mass is 16.2. The molecule has 6 nitrogen and oxygen atoms in total. The third-order valence-electron chi connectivity index (χ3n) is 3.98. The summed E-state index contributed by atoms with van der Waals surface area (Å²) >= 11 is 0. The van der Waals surface area contributed by atoms with Gasteiger partial charge < -0.3 is 10.3 Å². The van der Waals surface area contributed by atoms with Gasteiger partial charge in [0.15, 0.2) is 0 Å². The van der Waals surface area contributed by atoms with Crippen LogP contribution in [-0.4, -0.2) is 20.9 Å². The van der Waals surface area contributed by atoms with Crippen molar-refractivity contribution in [1.29, 1.82) is 0 Å². The molecule has 1 aliphatic carbocycles. The van der Waals surface area contributed by atoms with Crippen LogP contribution in [0.15, 0.2) is 35.6 Å². The van der Waals surface area contributed by atoms with E-state index in [-0.39, 0.29) is 17.4 Å². The molecular formula is C17H18N4O2. The summed E-state index contributed by atoms with van der Waals surface area (Å²) in [6.45, 7) is 0. The molecule has 2 N–H and O–H groups in total. The predicted molar refractivity (Wildman–Crippen MR) is 88.6 cm³/mol. The lowest BCUT2D eigenvalue weighted by molar-refractivity contribution is -0.119. The molecule has 3 rings (SSSR count). The average molecular weight is 310 g/mol. The van der Waals surface area contributed by atoms with Crippen LogP contribution in [0, 0.1) is 5.92 Å². The Hall–Kier alpha value is -2.76. The van der Waals surface area contributed by atoms with Crippen LogP contribution >= 0.6 is 0 Å². The van der Waals surface area contributed by atoms with Crippen LogP contribution in [0.3, 0.4) is 0 Å². The van der Waals surface area contributed by atoms with E-state index >= 15 is 0 Å². The summed E-state index contributed by atoms with van der Waals surface area (Å²) in [6.07, 6.45) is 12.0. The van der Waals surface area contributed by atoms with Crippen molar-refractivity contribution in [3.63, 3.8) is 0 Å². The van der Waals surface area contributed by atoms with Gasteiger partial charge in [-0.05, 0) is 30.5 Å². The number of carbonyl (C=O) groups is 1. The van der Waals surface area contributed by atoms with Crippen molar-refractivity contribution < 1.29 is 4.79 Å². The quantitative estimate of drug-likeness (QED) is 0.908. The number of hydrogen-bond donors (Lipinski definition) is 2. The molecule has 1 fully saturated rings. The van der Waals surface area contributed by atoms with Gasteiger partial charge in [0.25, 0.3) is 5.56 Å². The molecule has 2 heterocycles. The average Bonchev–Trinajstić information content (AvgIpc) is 3.10. The van der Waals surface area contributed by atoms with Crippen molar-refractivity contribution in [1.82, 2.24) is 15.0 Å². The van der Waals surface area contributed by atoms with E-state index in [0.717, 1.165) is 31.2 Å². The van der Waals surface area contributed by atoms with Crippen LogP contribution in [0.4, 0.5) is 5.82 Å². The van der Waals surface area contributed by atoms with Crippen LogP contribution in [0.5, 0.6) is 0 Å². The van der Waals surface area contributed by atoms with E-state index in [4.69, 9.17) is 0 Å². The molecule has 0 aromatic carbocycles. The van der Waals surface area contributed by atoms with Gasteiger partial charge in [0, 0.05) is 18.3 Å². The third kappa shape index (κ3) is 3.71. The van der Waals surface area contributed by atoms with Crippen molar-refractivity contribution in [3.05, 3.63) is 52.3 Å². The lowest BCUT2D eigenvalue weighted by atomic mass is 10.1. The minimum atomic E-state index is -0.290. The summed E-state index contributed by atoms with van der Waals surface area (Å²) in [5.74, 6) is 0.258. The maximum atomic E-state index is 12.3. The minimum Gasteiger partial charge on any atom is -0.313 e. The van der Waals surface area contributed by atoms with Gasteiger partial charge in [0.1, 0.15) is 5.82 Å². The van der Waals surface area contributed by atoms with Crippen molar-refractivity contribution in [3.8, 4) is 0 Å². The Morgan fingerprint density at radius 3 is 2.87 bits per heavy atom. The molecule has 0 atom stereocenters. The highest BCUT2D eigenvalue weighted by Gasteiger charge is 2.23. The summed E-state index contributed by atoms with van der Waals surface area (Å²) < 4.78 is 0. The lowest BCUT2D eigenvalue weighted by Gasteiger charge is -2.10. The van der Waals surface area contributed by atoms with E-state index in [0.29, 0.717) is 11.4 Å². The van der Waals surface area contributed by atoms with E-state index in [1.165, 1.54) is 6.33 Å². The number of hydrogen-bond acceptors (Lipinski definition) is 4. The highest BCUT2D eigenvalue weighted by molar-refractivity contribution is 5.94. The zero-order valence-electron chi connectivity index (χ0n) is 12.7. The van der Waals surface area contributed by atoms with Crippen molar-refractivity contribution >= 4 is 23.9 Å². The third-order valence-corrected chi connectivity index (χ3v) is 3.98. The van der Waals surface area contributed by atoms with E-state index < -0.39 is 0 Å². The number of pyridine rings is 1. The van der Waals surface area contributed by atoms with Crippen LogP contribution in [-0.2, 0) is 4.79 Å². The summed E-state index contributed by atoms with van der Waals surface area (Å²) in [5, 5.41) is 2.79. The molecule has 1 amide bonds. The molecule has 6 heteroatoms. The Morgan fingerprint density at radius 2 is 2.13 bits per heavy atom. The minimum absolute atomic E-state index is 0.0197. The number of nitrogens with zero attached hydrogens (tertiary/aromatic N) is 2. The second-order valence-corrected chi connectivity index (χ2v) is 5.58. The Balaban J connectivity index is 1.83. The van der Waals surface area contributed by atoms with Crippen molar-refractivity contribution in [2.75, 3.05) is 5.32 Å². The first kappa shape index (κ1) is 15.1. The maximum Gasteiger partial charge on any atom is 0.260 e. The highest BCUT2D eigenvalue weighted by Crippen LogP contribution is 2.26. The Bertz CT molecular complexity index is 762. The number of nitrogens with one attached hydrogen (secondary N) is 2. The van der Waals surface area contributed by atoms with Crippen molar-refractivity contribution in [2.45, 2.75) is 25.7 Å². The fraction of sp³-hybridized carbons (Fsp3) is 0.294. The fourth-order valence-electron chi connectivity index (χ4n) is 2.73. The van der Waals surface area contributed by atoms with Gasteiger partial charge in [-0.2, -0.15) is 0 Å². The zero-order valence-corrected chi connectivity index (χ0v) is 12.7. The summed E-state index contributed by atoms with van der Waals surface area (Å²) in [6, 6.07) is 3.70. The van der Waals surface area contributed by atoms with Crippen LogP contribution in [0.25, 0.3) is 12.2 Å². The normalized spacial score (nSPS) is 15.1. The molecule has 1 aliphatic rings. The van der Waals surface area contributed by atoms with E-state index in [9.17, 15) is 9.59 Å². The molecule has 1 saturated carbocycles. The first-order valence-corrected chi connectivity index (χ1v) is 7.70. The first-order valence-electron chi connectivity index (χ1n) is 7.70. The second kappa shape index (κ2) is 7.00. The molecule has 0 aliphatic heterocycles. The predicted octanol–water partition coefficient (Wildman–Crippen LogP) is 2.46. The number of anilines is 1. The summed E-state index contributed by atoms with van der Waals surface area (Å²) in [4.78, 5) is 35.0. The molecule has 0 bridgehead atoms. The fourth-order valence-corrected chi connectivity index (χ4v) is 2.73. The van der Waals surface area contributed by atoms with E-state index in [1.54, 1.807) is 24.5 Å². The number of aromatic nitrogens is 3. The standard InChI is InChI=1S/C17H18N4O2/c22-16(13-5-1-2-6-13)21-15-14(17(23)20-11-19-15)8-7-12-4-3-9-18-10-12/h3-4,7-11,13H,1-2,5-6H2,(H2,19,20,21,22,23)/b8-7+. The molecular weight excluding hydrogens is 292 g/mol. The number of amides is 1. The Morgan fingerprint density at radius 1 is 1.30 bits per heavy atom. The second-order valence-electron chi connectivity index (χ2n) is 5.58. The monoisotopic (exact) mass is 310 g/mol. The molecule has 23 heavy (non-hydrogen) atoms. The van der Waals surface area contributed by atoms with Gasteiger partial charge in [0.2, 0.25) is 5.91 Å². The van der Waals surface area contributed by atoms with Gasteiger partial charge in [-0.15, -0.1) is 0 Å². The molecule has 2 aromatic rings. The van der Waals surface area contributed by atoms with Gasteiger partial charge >= 0.3 is 0 Å². The Kier molecular flexibility index (Phi) is 4.61. The molecule has 0 unspecified atom stereocenters. The van der Waals surface area contributed by atoms with Crippen molar-refractivity contribution in [2.24, 2.45) is 5.92 Å². The smallest absolute Gasteiger partial charge is 0.260 e. The van der Waals surface area contributed by atoms with E-state index in [1.807, 2.05) is 12.1 Å². The first-order chi connectivity index (χ1) is 11.2. The van der Waals surface area contributed by atoms with Crippen LogP contribution in [0.2, 0.25) is 0 Å². The molecule has 0 spiro atoms. The van der Waals surface area contributed by atoms with E-state index in [2.05, 4.69) is 20.3 Å². The maximum absolute atomic E-state index is 12.3. The Labute approximate surface area is 133 Å². The molecule has 0 saturated heterocycles. The SMILES string of the molecule is O=C(Nc1nc[nH]c(=O)c1/C=C/c1cccnc1)C1CCCC1.